The van der Waals surface area contributed by atoms with Crippen molar-refractivity contribution in [3.63, 3.8) is 0 Å². The average molecular weight is 465 g/mol. The van der Waals surface area contributed by atoms with Gasteiger partial charge in [-0.15, -0.1) is 0 Å². The van der Waals surface area contributed by atoms with E-state index in [9.17, 15) is 9.59 Å². The number of carbonyl (C=O) groups is 2. The molecule has 0 spiro atoms. The third-order valence-corrected chi connectivity index (χ3v) is 7.69. The second kappa shape index (κ2) is 8.31. The van der Waals surface area contributed by atoms with Crippen molar-refractivity contribution in [2.75, 3.05) is 0 Å². The first-order valence-electron chi connectivity index (χ1n) is 10.0. The van der Waals surface area contributed by atoms with E-state index in [4.69, 9.17) is 0 Å². The summed E-state index contributed by atoms with van der Waals surface area (Å²) in [6, 6.07) is 27.7. The van der Waals surface area contributed by atoms with Gasteiger partial charge in [0.05, 0.1) is 0 Å². The van der Waals surface area contributed by atoms with Gasteiger partial charge in [0.25, 0.3) is 0 Å². The zero-order valence-corrected chi connectivity index (χ0v) is 18.3. The van der Waals surface area contributed by atoms with Gasteiger partial charge in [0.1, 0.15) is 0 Å². The van der Waals surface area contributed by atoms with Crippen LogP contribution in [0.4, 0.5) is 0 Å². The Morgan fingerprint density at radius 3 is 1.48 bits per heavy atom. The minimum atomic E-state index is -0.197. The molecule has 148 valence electrons. The summed E-state index contributed by atoms with van der Waals surface area (Å²) in [5.41, 5.74) is 4.59. The summed E-state index contributed by atoms with van der Waals surface area (Å²) >= 11 is 0.155. The van der Waals surface area contributed by atoms with Gasteiger partial charge in [-0.25, -0.2) is 0 Å². The van der Waals surface area contributed by atoms with E-state index >= 15 is 0 Å². The molecule has 0 aromatic heterocycles. The summed E-state index contributed by atoms with van der Waals surface area (Å²) in [5, 5.41) is 0. The van der Waals surface area contributed by atoms with Crippen molar-refractivity contribution in [1.82, 2.24) is 0 Å². The molecule has 3 aromatic carbocycles. The van der Waals surface area contributed by atoms with Crippen molar-refractivity contribution in [2.24, 2.45) is 0 Å². The van der Waals surface area contributed by atoms with Gasteiger partial charge in [0, 0.05) is 0 Å². The summed E-state index contributed by atoms with van der Waals surface area (Å²) in [6.07, 6.45) is 7.89. The Balaban J connectivity index is 1.56. The number of allylic oxidation sites excluding steroid dienone is 6. The van der Waals surface area contributed by atoms with Gasteiger partial charge in [0.15, 0.2) is 0 Å². The van der Waals surface area contributed by atoms with Gasteiger partial charge in [-0.05, 0) is 0 Å². The van der Waals surface area contributed by atoms with E-state index in [0.717, 1.165) is 5.57 Å². The molecule has 0 atom stereocenters. The van der Waals surface area contributed by atoms with Gasteiger partial charge >= 0.3 is 188 Å². The molecule has 0 saturated carbocycles. The van der Waals surface area contributed by atoms with Crippen LogP contribution in [0.5, 0.6) is 0 Å². The number of hydrogen-bond acceptors (Lipinski definition) is 2. The van der Waals surface area contributed by atoms with Crippen molar-refractivity contribution in [3.8, 4) is 0 Å². The third kappa shape index (κ3) is 3.82. The molecule has 0 bridgehead atoms. The first-order valence-corrected chi connectivity index (χ1v) is 11.7. The van der Waals surface area contributed by atoms with Gasteiger partial charge < -0.3 is 0 Å². The molecule has 1 heterocycles. The fourth-order valence-corrected chi connectivity index (χ4v) is 6.09. The van der Waals surface area contributed by atoms with Gasteiger partial charge in [-0.1, -0.05) is 0 Å². The molecule has 0 amide bonds. The normalized spacial score (nSPS) is 15.4. The fourth-order valence-electron chi connectivity index (χ4n) is 3.71. The van der Waals surface area contributed by atoms with Crippen LogP contribution in [0.2, 0.25) is 0 Å². The van der Waals surface area contributed by atoms with Crippen LogP contribution in [0.25, 0.3) is 8.94 Å². The molecular formula is C28H18O2Se. The molecule has 2 nitrogen and oxygen atoms in total. The minimum absolute atomic E-state index is 0.155. The van der Waals surface area contributed by atoms with Crippen molar-refractivity contribution in [2.45, 2.75) is 0 Å². The average Bonchev–Trinajstić information content (AvgIpc) is 3.08. The molecule has 1 aliphatic carbocycles. The van der Waals surface area contributed by atoms with Crippen LogP contribution in [0.15, 0.2) is 120 Å². The van der Waals surface area contributed by atoms with E-state index in [2.05, 4.69) is 36.4 Å². The number of benzene rings is 3. The molecule has 3 heteroatoms. The fraction of sp³-hybridized carbons (Fsp3) is 0. The molecule has 0 radical (unpaired) electrons. The predicted octanol–water partition coefficient (Wildman–Crippen LogP) is 5.72. The second-order valence-electron chi connectivity index (χ2n) is 7.30. The van der Waals surface area contributed by atoms with Crippen LogP contribution in [-0.2, 0) is 0 Å². The van der Waals surface area contributed by atoms with Crippen LogP contribution in [0.3, 0.4) is 0 Å². The summed E-state index contributed by atoms with van der Waals surface area (Å²) in [4.78, 5) is 25.4. The Morgan fingerprint density at radius 2 is 1.00 bits per heavy atom. The number of fused-ring (bicyclic) bond motifs is 1. The topological polar surface area (TPSA) is 34.1 Å². The van der Waals surface area contributed by atoms with Gasteiger partial charge in [0.2, 0.25) is 0 Å². The predicted molar refractivity (Wildman–Crippen MR) is 126 cm³/mol. The Kier molecular flexibility index (Phi) is 5.21. The Morgan fingerprint density at radius 1 is 0.548 bits per heavy atom. The number of rotatable bonds is 3. The van der Waals surface area contributed by atoms with E-state index in [1.54, 1.807) is 30.3 Å². The number of ketones is 2. The van der Waals surface area contributed by atoms with Crippen LogP contribution < -0.4 is 0 Å². The zero-order chi connectivity index (χ0) is 21.2. The molecule has 5 rings (SSSR count). The molecule has 0 fully saturated rings. The summed E-state index contributed by atoms with van der Waals surface area (Å²) in [6.45, 7) is 0. The zero-order valence-electron chi connectivity index (χ0n) is 16.6. The Labute approximate surface area is 187 Å². The van der Waals surface area contributed by atoms with Crippen molar-refractivity contribution < 1.29 is 9.59 Å². The summed E-state index contributed by atoms with van der Waals surface area (Å²) in [7, 11) is 0. The number of hydrogen-bond donors (Lipinski definition) is 0. The molecule has 0 unspecified atom stereocenters. The second-order valence-corrected chi connectivity index (χ2v) is 9.58. The van der Waals surface area contributed by atoms with E-state index in [0.29, 0.717) is 11.1 Å². The van der Waals surface area contributed by atoms with Crippen molar-refractivity contribution in [1.29, 1.82) is 0 Å². The van der Waals surface area contributed by atoms with Crippen LogP contribution >= 0.6 is 0 Å². The SMILES string of the molecule is O=C1C(=CC=C2C=C(c3ccccc3)[Se]C(c3ccccc3)=C2)C(=O)c2ccccc21. The molecule has 0 N–H and O–H groups in total. The molecular weight excluding hydrogens is 447 g/mol. The van der Waals surface area contributed by atoms with Gasteiger partial charge in [-0.2, -0.15) is 0 Å². The first-order chi connectivity index (χ1) is 15.2. The standard InChI is InChI=1S/C28H18O2Se/c29-27-22-13-7-8-14-23(22)28(30)24(27)16-15-19-17-25(20-9-3-1-4-10-20)31-26(18-19)21-11-5-2-6-12-21/h1-18H. The molecule has 1 aliphatic heterocycles. The van der Waals surface area contributed by atoms with Crippen LogP contribution in [-0.4, -0.2) is 26.5 Å². The van der Waals surface area contributed by atoms with Crippen LogP contribution in [0.1, 0.15) is 31.8 Å². The number of carbonyl (C=O) groups excluding carboxylic acids is 2. The van der Waals surface area contributed by atoms with E-state index < -0.39 is 0 Å². The van der Waals surface area contributed by atoms with Gasteiger partial charge in [-0.3, -0.25) is 0 Å². The Hall–Kier alpha value is -3.52. The van der Waals surface area contributed by atoms with E-state index in [1.165, 1.54) is 20.1 Å². The molecule has 0 saturated heterocycles. The number of Topliss-reactive ketones (excluding diaryl/α,β-unsaturated/α-hetero) is 2. The summed E-state index contributed by atoms with van der Waals surface area (Å²) in [5.74, 6) is -0.394. The van der Waals surface area contributed by atoms with Crippen molar-refractivity contribution in [3.05, 3.63) is 143 Å². The Bertz CT molecular complexity index is 1210. The summed E-state index contributed by atoms with van der Waals surface area (Å²) < 4.78 is 2.54. The third-order valence-electron chi connectivity index (χ3n) is 5.28. The molecule has 3 aromatic rings. The van der Waals surface area contributed by atoms with Crippen molar-refractivity contribution >= 4 is 35.5 Å². The first kappa shape index (κ1) is 19.4. The molecule has 31 heavy (non-hydrogen) atoms. The molecule has 2 aliphatic rings. The van der Waals surface area contributed by atoms with E-state index in [-0.39, 0.29) is 32.1 Å². The van der Waals surface area contributed by atoms with E-state index in [1.807, 2.05) is 42.5 Å². The maximum absolute atomic E-state index is 12.7. The quantitative estimate of drug-likeness (QED) is 0.282. The monoisotopic (exact) mass is 466 g/mol. The van der Waals surface area contributed by atoms with Crippen LogP contribution in [0, 0.1) is 0 Å². The maximum atomic E-state index is 12.7.